The van der Waals surface area contributed by atoms with Gasteiger partial charge in [-0.1, -0.05) is 30.3 Å². The number of rotatable bonds is 4. The fraction of sp³-hybridized carbons (Fsp3) is 0.529. The fourth-order valence-corrected chi connectivity index (χ4v) is 3.42. The van der Waals surface area contributed by atoms with Gasteiger partial charge in [0.15, 0.2) is 0 Å². The summed E-state index contributed by atoms with van der Waals surface area (Å²) in [5, 5.41) is 0. The normalized spacial score (nSPS) is 15.9. The largest absolute Gasteiger partial charge is 0.445 e. The lowest BCUT2D eigenvalue weighted by Crippen LogP contribution is -2.54. The molecule has 1 aliphatic heterocycles. The maximum atomic E-state index is 12.2. The number of hydrogen-bond donors (Lipinski definition) is 1. The Morgan fingerprint density at radius 2 is 1.67 bits per heavy atom. The number of piperazine rings is 1. The molecule has 1 saturated heterocycles. The second kappa shape index (κ2) is 8.57. The van der Waals surface area contributed by atoms with E-state index < -0.39 is 28.0 Å². The summed E-state index contributed by atoms with van der Waals surface area (Å²) in [5.74, 6) is 0. The minimum atomic E-state index is -4.03. The third kappa shape index (κ3) is 6.72. The average molecular weight is 399 g/mol. The molecule has 10 heteroatoms. The molecule has 0 atom stereocenters. The smallest absolute Gasteiger partial charge is 0.422 e. The molecular formula is C17H25N3O6S. The SMILES string of the molecule is CC(C)(C)OC(=O)NS(=O)(=O)N1CCN(C(=O)OCc2ccccc2)CC1. The summed E-state index contributed by atoms with van der Waals surface area (Å²) in [6.07, 6.45) is -1.54. The van der Waals surface area contributed by atoms with Gasteiger partial charge in [0.1, 0.15) is 12.2 Å². The van der Waals surface area contributed by atoms with Gasteiger partial charge >= 0.3 is 22.4 Å². The topological polar surface area (TPSA) is 105 Å². The molecule has 2 amide bonds. The van der Waals surface area contributed by atoms with Gasteiger partial charge in [0.25, 0.3) is 0 Å². The highest BCUT2D eigenvalue weighted by Gasteiger charge is 2.31. The van der Waals surface area contributed by atoms with Crippen LogP contribution in [0, 0.1) is 0 Å². The molecule has 150 valence electrons. The van der Waals surface area contributed by atoms with E-state index in [0.29, 0.717) is 0 Å². The molecular weight excluding hydrogens is 374 g/mol. The van der Waals surface area contributed by atoms with Crippen LogP contribution in [0.5, 0.6) is 0 Å². The van der Waals surface area contributed by atoms with Crippen molar-refractivity contribution in [1.29, 1.82) is 0 Å². The predicted molar refractivity (Wildman–Crippen MR) is 98.1 cm³/mol. The Balaban J connectivity index is 1.81. The Bertz CT molecular complexity index is 753. The molecule has 1 N–H and O–H groups in total. The molecule has 0 bridgehead atoms. The van der Waals surface area contributed by atoms with Crippen LogP contribution < -0.4 is 4.72 Å². The average Bonchev–Trinajstić information content (AvgIpc) is 2.58. The van der Waals surface area contributed by atoms with E-state index in [9.17, 15) is 18.0 Å². The quantitative estimate of drug-likeness (QED) is 0.826. The third-order valence-electron chi connectivity index (χ3n) is 3.65. The molecule has 0 aliphatic carbocycles. The molecule has 9 nitrogen and oxygen atoms in total. The highest BCUT2D eigenvalue weighted by molar-refractivity contribution is 7.87. The molecule has 0 radical (unpaired) electrons. The predicted octanol–water partition coefficient (Wildman–Crippen LogP) is 1.71. The fourth-order valence-electron chi connectivity index (χ4n) is 2.39. The molecule has 1 aromatic carbocycles. The van der Waals surface area contributed by atoms with Crippen molar-refractivity contribution in [1.82, 2.24) is 13.9 Å². The first-order valence-corrected chi connectivity index (χ1v) is 9.97. The van der Waals surface area contributed by atoms with E-state index in [1.807, 2.05) is 35.1 Å². The minimum Gasteiger partial charge on any atom is -0.445 e. The number of carbonyl (C=O) groups excluding carboxylic acids is 2. The van der Waals surface area contributed by atoms with E-state index in [4.69, 9.17) is 9.47 Å². The van der Waals surface area contributed by atoms with E-state index in [1.165, 1.54) is 4.90 Å². The Kier molecular flexibility index (Phi) is 6.66. The first kappa shape index (κ1) is 21.0. The second-order valence-corrected chi connectivity index (χ2v) is 8.71. The number of nitrogens with one attached hydrogen (secondary N) is 1. The first-order chi connectivity index (χ1) is 12.6. The van der Waals surface area contributed by atoms with Gasteiger partial charge in [0.05, 0.1) is 0 Å². The Morgan fingerprint density at radius 1 is 1.07 bits per heavy atom. The van der Waals surface area contributed by atoms with Crippen LogP contribution in [-0.4, -0.2) is 61.6 Å². The molecule has 0 aromatic heterocycles. The highest BCUT2D eigenvalue weighted by atomic mass is 32.2. The second-order valence-electron chi connectivity index (χ2n) is 7.04. The van der Waals surface area contributed by atoms with Gasteiger partial charge in [0, 0.05) is 26.2 Å². The molecule has 27 heavy (non-hydrogen) atoms. The minimum absolute atomic E-state index is 0.0541. The number of carbonyl (C=O) groups is 2. The molecule has 1 fully saturated rings. The number of hydrogen-bond acceptors (Lipinski definition) is 6. The van der Waals surface area contributed by atoms with Gasteiger partial charge in [-0.2, -0.15) is 12.7 Å². The zero-order valence-electron chi connectivity index (χ0n) is 15.7. The third-order valence-corrected chi connectivity index (χ3v) is 5.12. The number of ether oxygens (including phenoxy) is 2. The van der Waals surface area contributed by atoms with Crippen LogP contribution >= 0.6 is 0 Å². The lowest BCUT2D eigenvalue weighted by atomic mass is 10.2. The van der Waals surface area contributed by atoms with Gasteiger partial charge in [-0.15, -0.1) is 0 Å². The Hall–Kier alpha value is -2.33. The van der Waals surface area contributed by atoms with Crippen LogP contribution in [-0.2, 0) is 26.3 Å². The summed E-state index contributed by atoms with van der Waals surface area (Å²) in [7, 11) is -4.03. The molecule has 0 spiro atoms. The summed E-state index contributed by atoms with van der Waals surface area (Å²) in [6, 6.07) is 9.27. The van der Waals surface area contributed by atoms with E-state index in [2.05, 4.69) is 0 Å². The van der Waals surface area contributed by atoms with Crippen LogP contribution in [0.3, 0.4) is 0 Å². The Labute approximate surface area is 159 Å². The van der Waals surface area contributed by atoms with Gasteiger partial charge < -0.3 is 14.4 Å². The molecule has 1 aromatic rings. The standard InChI is InChI=1S/C17H25N3O6S/c1-17(2,3)26-15(21)18-27(23,24)20-11-9-19(10-12-20)16(22)25-13-14-7-5-4-6-8-14/h4-8H,9-13H2,1-3H3,(H,18,21). The number of benzene rings is 1. The van der Waals surface area contributed by atoms with E-state index in [1.54, 1.807) is 20.8 Å². The lowest BCUT2D eigenvalue weighted by molar-refractivity contribution is 0.0562. The monoisotopic (exact) mass is 399 g/mol. The molecule has 1 heterocycles. The summed E-state index contributed by atoms with van der Waals surface area (Å²) in [4.78, 5) is 25.2. The van der Waals surface area contributed by atoms with Crippen LogP contribution in [0.1, 0.15) is 26.3 Å². The van der Waals surface area contributed by atoms with Gasteiger partial charge in [-0.3, -0.25) is 0 Å². The van der Waals surface area contributed by atoms with Crippen molar-refractivity contribution >= 4 is 22.4 Å². The van der Waals surface area contributed by atoms with Gasteiger partial charge in [-0.25, -0.2) is 14.3 Å². The first-order valence-electron chi connectivity index (χ1n) is 8.53. The Morgan fingerprint density at radius 3 is 2.22 bits per heavy atom. The van der Waals surface area contributed by atoms with Crippen molar-refractivity contribution in [3.8, 4) is 0 Å². The van der Waals surface area contributed by atoms with Crippen LogP contribution in [0.15, 0.2) is 30.3 Å². The van der Waals surface area contributed by atoms with Gasteiger partial charge in [0.2, 0.25) is 0 Å². The molecule has 2 rings (SSSR count). The maximum Gasteiger partial charge on any atom is 0.422 e. The molecule has 1 aliphatic rings. The van der Waals surface area contributed by atoms with Crippen molar-refractivity contribution in [2.75, 3.05) is 26.2 Å². The van der Waals surface area contributed by atoms with E-state index in [0.717, 1.165) is 9.87 Å². The van der Waals surface area contributed by atoms with Gasteiger partial charge in [-0.05, 0) is 26.3 Å². The van der Waals surface area contributed by atoms with Crippen LogP contribution in [0.25, 0.3) is 0 Å². The number of amides is 2. The number of nitrogens with zero attached hydrogens (tertiary/aromatic N) is 2. The van der Waals surface area contributed by atoms with Crippen molar-refractivity contribution in [2.24, 2.45) is 0 Å². The van der Waals surface area contributed by atoms with Crippen LogP contribution in [0.2, 0.25) is 0 Å². The van der Waals surface area contributed by atoms with Crippen LogP contribution in [0.4, 0.5) is 9.59 Å². The summed E-state index contributed by atoms with van der Waals surface area (Å²) in [6.45, 7) is 5.51. The zero-order valence-corrected chi connectivity index (χ0v) is 16.5. The lowest BCUT2D eigenvalue weighted by Gasteiger charge is -2.33. The summed E-state index contributed by atoms with van der Waals surface area (Å²) >= 11 is 0. The molecule has 0 unspecified atom stereocenters. The zero-order chi connectivity index (χ0) is 20.1. The highest BCUT2D eigenvalue weighted by Crippen LogP contribution is 2.11. The van der Waals surface area contributed by atoms with Crippen molar-refractivity contribution in [3.05, 3.63) is 35.9 Å². The maximum absolute atomic E-state index is 12.2. The van der Waals surface area contributed by atoms with E-state index in [-0.39, 0.29) is 32.8 Å². The van der Waals surface area contributed by atoms with Crippen molar-refractivity contribution in [2.45, 2.75) is 33.0 Å². The summed E-state index contributed by atoms with van der Waals surface area (Å²) in [5.41, 5.74) is 0.0643. The van der Waals surface area contributed by atoms with Crippen molar-refractivity contribution < 1.29 is 27.5 Å². The van der Waals surface area contributed by atoms with Crippen molar-refractivity contribution in [3.63, 3.8) is 0 Å². The van der Waals surface area contributed by atoms with E-state index >= 15 is 0 Å². The molecule has 0 saturated carbocycles. The summed E-state index contributed by atoms with van der Waals surface area (Å²) < 4.78 is 37.7.